The van der Waals surface area contributed by atoms with Crippen molar-refractivity contribution in [3.8, 4) is 5.75 Å². The van der Waals surface area contributed by atoms with Crippen LogP contribution in [0.3, 0.4) is 0 Å². The summed E-state index contributed by atoms with van der Waals surface area (Å²) >= 11 is 0. The molecule has 0 aliphatic carbocycles. The minimum Gasteiger partial charge on any atom is -0.490 e. The van der Waals surface area contributed by atoms with E-state index in [2.05, 4.69) is 31.2 Å². The van der Waals surface area contributed by atoms with E-state index in [9.17, 15) is 5.11 Å². The highest BCUT2D eigenvalue weighted by molar-refractivity contribution is 5.73. The zero-order chi connectivity index (χ0) is 18.4. The molecule has 0 radical (unpaired) electrons. The van der Waals surface area contributed by atoms with Crippen molar-refractivity contribution in [3.05, 3.63) is 46.8 Å². The minimum atomic E-state index is -0.571. The SMILES string of the molecule is Cc1noc(C)c1/C=C\c1ccccc1OCC(O)CNC(C)(C)C. The van der Waals surface area contributed by atoms with E-state index in [4.69, 9.17) is 9.26 Å². The van der Waals surface area contributed by atoms with E-state index >= 15 is 0 Å². The number of aliphatic hydroxyl groups excluding tert-OH is 1. The quantitative estimate of drug-likeness (QED) is 0.803. The Morgan fingerprint density at radius 2 is 1.96 bits per heavy atom. The van der Waals surface area contributed by atoms with Crippen LogP contribution in [0.15, 0.2) is 28.8 Å². The molecular weight excluding hydrogens is 316 g/mol. The van der Waals surface area contributed by atoms with Gasteiger partial charge in [0.05, 0.1) is 5.69 Å². The van der Waals surface area contributed by atoms with Crippen LogP contribution in [0.4, 0.5) is 0 Å². The Morgan fingerprint density at radius 3 is 2.60 bits per heavy atom. The second-order valence-corrected chi connectivity index (χ2v) is 7.20. The minimum absolute atomic E-state index is 0.0318. The molecule has 1 unspecified atom stereocenters. The second-order valence-electron chi connectivity index (χ2n) is 7.20. The topological polar surface area (TPSA) is 67.5 Å². The molecular formula is C20H28N2O3. The maximum absolute atomic E-state index is 10.1. The number of para-hydroxylation sites is 1. The highest BCUT2D eigenvalue weighted by Crippen LogP contribution is 2.22. The van der Waals surface area contributed by atoms with Gasteiger partial charge in [0.25, 0.3) is 0 Å². The maximum Gasteiger partial charge on any atom is 0.141 e. The fraction of sp³-hybridized carbons (Fsp3) is 0.450. The number of benzene rings is 1. The fourth-order valence-electron chi connectivity index (χ4n) is 2.32. The molecule has 0 saturated heterocycles. The van der Waals surface area contributed by atoms with Gasteiger partial charge in [-0.2, -0.15) is 0 Å². The first kappa shape index (κ1) is 19.2. The van der Waals surface area contributed by atoms with E-state index in [1.165, 1.54) is 0 Å². The molecule has 136 valence electrons. The second kappa shape index (κ2) is 8.32. The average Bonchev–Trinajstić information content (AvgIpc) is 2.87. The molecule has 1 heterocycles. The third kappa shape index (κ3) is 6.03. The van der Waals surface area contributed by atoms with E-state index in [0.717, 1.165) is 28.3 Å². The third-order valence-corrected chi connectivity index (χ3v) is 3.74. The molecule has 5 nitrogen and oxygen atoms in total. The zero-order valence-electron chi connectivity index (χ0n) is 15.7. The molecule has 1 atom stereocenters. The van der Waals surface area contributed by atoms with Crippen LogP contribution in [0.5, 0.6) is 5.75 Å². The Labute approximate surface area is 149 Å². The molecule has 25 heavy (non-hydrogen) atoms. The summed E-state index contributed by atoms with van der Waals surface area (Å²) < 4.78 is 11.0. The van der Waals surface area contributed by atoms with Crippen molar-refractivity contribution in [3.63, 3.8) is 0 Å². The van der Waals surface area contributed by atoms with Gasteiger partial charge in [-0.1, -0.05) is 29.4 Å². The lowest BCUT2D eigenvalue weighted by molar-refractivity contribution is 0.0999. The molecule has 0 saturated carbocycles. The number of nitrogens with zero attached hydrogens (tertiary/aromatic N) is 1. The Morgan fingerprint density at radius 1 is 1.24 bits per heavy atom. The fourth-order valence-corrected chi connectivity index (χ4v) is 2.32. The highest BCUT2D eigenvalue weighted by atomic mass is 16.5. The third-order valence-electron chi connectivity index (χ3n) is 3.74. The van der Waals surface area contributed by atoms with Crippen LogP contribution in [0.25, 0.3) is 12.2 Å². The molecule has 0 amide bonds. The maximum atomic E-state index is 10.1. The molecule has 0 fully saturated rings. The Bertz CT molecular complexity index is 694. The normalized spacial score (nSPS) is 13.4. The van der Waals surface area contributed by atoms with Crippen LogP contribution in [-0.2, 0) is 0 Å². The molecule has 0 bridgehead atoms. The number of aromatic nitrogens is 1. The van der Waals surface area contributed by atoms with Gasteiger partial charge in [0.1, 0.15) is 24.2 Å². The van der Waals surface area contributed by atoms with Crippen LogP contribution >= 0.6 is 0 Å². The predicted molar refractivity (Wildman–Crippen MR) is 101 cm³/mol. The van der Waals surface area contributed by atoms with E-state index in [0.29, 0.717) is 6.54 Å². The monoisotopic (exact) mass is 344 g/mol. The molecule has 0 aliphatic heterocycles. The number of aliphatic hydroxyl groups is 1. The Balaban J connectivity index is 2.01. The summed E-state index contributed by atoms with van der Waals surface area (Å²) in [5.74, 6) is 1.52. The number of β-amino-alcohol motifs (C(OH)–C–C–N with tert-alkyl or cyclic N) is 1. The van der Waals surface area contributed by atoms with Gasteiger partial charge >= 0.3 is 0 Å². The van der Waals surface area contributed by atoms with E-state index in [1.807, 2.05) is 50.3 Å². The molecule has 2 aromatic rings. The van der Waals surface area contributed by atoms with Crippen LogP contribution in [0, 0.1) is 13.8 Å². The Hall–Kier alpha value is -2.11. The number of aryl methyl sites for hydroxylation is 2. The van der Waals surface area contributed by atoms with Crippen molar-refractivity contribution in [2.75, 3.05) is 13.2 Å². The van der Waals surface area contributed by atoms with Crippen molar-refractivity contribution in [1.29, 1.82) is 0 Å². The summed E-state index contributed by atoms with van der Waals surface area (Å²) in [7, 11) is 0. The molecule has 5 heteroatoms. The first-order chi connectivity index (χ1) is 11.8. The van der Waals surface area contributed by atoms with Crippen molar-refractivity contribution in [2.24, 2.45) is 0 Å². The lowest BCUT2D eigenvalue weighted by Gasteiger charge is -2.23. The highest BCUT2D eigenvalue weighted by Gasteiger charge is 2.13. The van der Waals surface area contributed by atoms with Crippen LogP contribution in [0.1, 0.15) is 43.4 Å². The zero-order valence-corrected chi connectivity index (χ0v) is 15.7. The predicted octanol–water partition coefficient (Wildman–Crippen LogP) is 3.59. The lowest BCUT2D eigenvalue weighted by atomic mass is 10.1. The van der Waals surface area contributed by atoms with Gasteiger partial charge in [0.2, 0.25) is 0 Å². The number of ether oxygens (including phenoxy) is 1. The number of nitrogens with one attached hydrogen (secondary N) is 1. The number of rotatable bonds is 7. The Kier molecular flexibility index (Phi) is 6.39. The van der Waals surface area contributed by atoms with E-state index < -0.39 is 6.10 Å². The average molecular weight is 344 g/mol. The summed E-state index contributed by atoms with van der Waals surface area (Å²) in [6.07, 6.45) is 3.38. The van der Waals surface area contributed by atoms with Gasteiger partial charge < -0.3 is 19.7 Å². The largest absolute Gasteiger partial charge is 0.490 e. The summed E-state index contributed by atoms with van der Waals surface area (Å²) in [6.45, 7) is 10.7. The number of hydrogen-bond acceptors (Lipinski definition) is 5. The molecule has 1 aromatic carbocycles. The van der Waals surface area contributed by atoms with Crippen molar-refractivity contribution in [1.82, 2.24) is 10.5 Å². The van der Waals surface area contributed by atoms with E-state index in [-0.39, 0.29) is 12.1 Å². The van der Waals surface area contributed by atoms with Crippen molar-refractivity contribution in [2.45, 2.75) is 46.3 Å². The number of hydrogen-bond donors (Lipinski definition) is 2. The van der Waals surface area contributed by atoms with E-state index in [1.54, 1.807) is 0 Å². The molecule has 0 aliphatic rings. The molecule has 1 aromatic heterocycles. The van der Waals surface area contributed by atoms with Gasteiger partial charge in [0.15, 0.2) is 0 Å². The van der Waals surface area contributed by atoms with Gasteiger partial charge in [-0.15, -0.1) is 0 Å². The van der Waals surface area contributed by atoms with Crippen molar-refractivity contribution < 1.29 is 14.4 Å². The first-order valence-electron chi connectivity index (χ1n) is 8.52. The standard InChI is InChI=1S/C20H28N2O3/c1-14-18(15(2)25-22-14)11-10-16-8-6-7-9-19(16)24-13-17(23)12-21-20(3,4)5/h6-11,17,21,23H,12-13H2,1-5H3/b11-10-. The van der Waals surface area contributed by atoms with Gasteiger partial charge in [-0.25, -0.2) is 0 Å². The van der Waals surface area contributed by atoms with Crippen LogP contribution < -0.4 is 10.1 Å². The van der Waals surface area contributed by atoms with Crippen molar-refractivity contribution >= 4 is 12.2 Å². The van der Waals surface area contributed by atoms with Gasteiger partial charge in [-0.05, 0) is 46.8 Å². The first-order valence-corrected chi connectivity index (χ1v) is 8.52. The lowest BCUT2D eigenvalue weighted by Crippen LogP contribution is -2.42. The summed E-state index contributed by atoms with van der Waals surface area (Å²) in [4.78, 5) is 0. The van der Waals surface area contributed by atoms with Crippen LogP contribution in [0.2, 0.25) is 0 Å². The summed E-state index contributed by atoms with van der Waals surface area (Å²) in [6, 6.07) is 7.75. The molecule has 2 rings (SSSR count). The molecule has 0 spiro atoms. The molecule has 2 N–H and O–H groups in total. The van der Waals surface area contributed by atoms with Crippen LogP contribution in [-0.4, -0.2) is 35.1 Å². The van der Waals surface area contributed by atoms with Gasteiger partial charge in [-0.3, -0.25) is 0 Å². The van der Waals surface area contributed by atoms with Gasteiger partial charge in [0, 0.05) is 23.2 Å². The summed E-state index contributed by atoms with van der Waals surface area (Å²) in [5, 5.41) is 17.3. The smallest absolute Gasteiger partial charge is 0.141 e. The summed E-state index contributed by atoms with van der Waals surface area (Å²) in [5.41, 5.74) is 2.74.